The number of carbonyl (C=O) groups excluding carboxylic acids is 2. The van der Waals surface area contributed by atoms with Crippen molar-refractivity contribution < 1.29 is 27.5 Å². The minimum Gasteiger partial charge on any atom is -0.342 e. The maximum absolute atomic E-state index is 12.3. The molecule has 1 saturated heterocycles. The molecule has 2 amide bonds. The van der Waals surface area contributed by atoms with Crippen LogP contribution in [0.1, 0.15) is 26.2 Å². The smallest absolute Gasteiger partial charge is 0.342 e. The van der Waals surface area contributed by atoms with Gasteiger partial charge in [0.25, 0.3) is 0 Å². The molecule has 0 aromatic heterocycles. The third-order valence-corrected chi connectivity index (χ3v) is 3.60. The highest BCUT2D eigenvalue weighted by Crippen LogP contribution is 2.35. The maximum Gasteiger partial charge on any atom is 0.522 e. The summed E-state index contributed by atoms with van der Waals surface area (Å²) in [4.78, 5) is 25.4. The molecule has 2 unspecified atom stereocenters. The first kappa shape index (κ1) is 15.1. The van der Waals surface area contributed by atoms with E-state index >= 15 is 0 Å². The molecule has 1 heterocycles. The van der Waals surface area contributed by atoms with Gasteiger partial charge in [0, 0.05) is 6.54 Å². The number of nitrogens with one attached hydrogen (secondary N) is 1. The van der Waals surface area contributed by atoms with E-state index in [2.05, 4.69) is 10.1 Å². The van der Waals surface area contributed by atoms with E-state index in [-0.39, 0.29) is 24.3 Å². The SMILES string of the molecule is CCC1C(=O)NC(C2CC2)C(=O)N1CCOC(F)(F)F. The van der Waals surface area contributed by atoms with E-state index in [1.165, 1.54) is 4.90 Å². The Morgan fingerprint density at radius 3 is 2.50 bits per heavy atom. The fourth-order valence-corrected chi connectivity index (χ4v) is 2.47. The number of hydrogen-bond acceptors (Lipinski definition) is 3. The molecule has 1 saturated carbocycles. The summed E-state index contributed by atoms with van der Waals surface area (Å²) in [5, 5.41) is 2.67. The lowest BCUT2D eigenvalue weighted by Crippen LogP contribution is -2.64. The van der Waals surface area contributed by atoms with Crippen molar-refractivity contribution in [1.82, 2.24) is 10.2 Å². The Morgan fingerprint density at radius 2 is 2.00 bits per heavy atom. The molecule has 1 N–H and O–H groups in total. The molecule has 2 fully saturated rings. The van der Waals surface area contributed by atoms with Crippen LogP contribution < -0.4 is 5.32 Å². The minimum atomic E-state index is -4.72. The fourth-order valence-electron chi connectivity index (χ4n) is 2.47. The number of ether oxygens (including phenoxy) is 1. The lowest BCUT2D eigenvalue weighted by Gasteiger charge is -2.38. The second-order valence-corrected chi connectivity index (χ2v) is 5.07. The summed E-state index contributed by atoms with van der Waals surface area (Å²) in [6, 6.07) is -1.30. The van der Waals surface area contributed by atoms with Crippen LogP contribution in [0.5, 0.6) is 0 Å². The standard InChI is InChI=1S/C12H17F3N2O3/c1-2-8-10(18)16-9(7-3-4-7)11(19)17(8)5-6-20-12(13,14)15/h7-9H,2-6H2,1H3,(H,16,18). The highest BCUT2D eigenvalue weighted by atomic mass is 19.4. The van der Waals surface area contributed by atoms with Crippen molar-refractivity contribution in [2.75, 3.05) is 13.2 Å². The molecule has 0 radical (unpaired) electrons. The molecule has 8 heteroatoms. The average Bonchev–Trinajstić information content (AvgIpc) is 3.15. The van der Waals surface area contributed by atoms with E-state index in [1.807, 2.05) is 0 Å². The van der Waals surface area contributed by atoms with Crippen molar-refractivity contribution in [2.24, 2.45) is 5.92 Å². The molecule has 114 valence electrons. The van der Waals surface area contributed by atoms with Crippen LogP contribution in [0.4, 0.5) is 13.2 Å². The van der Waals surface area contributed by atoms with Crippen molar-refractivity contribution in [3.63, 3.8) is 0 Å². The molecule has 2 rings (SSSR count). The number of rotatable bonds is 5. The van der Waals surface area contributed by atoms with Gasteiger partial charge < -0.3 is 10.2 Å². The van der Waals surface area contributed by atoms with Gasteiger partial charge in [0.1, 0.15) is 12.1 Å². The Kier molecular flexibility index (Phi) is 4.22. The molecule has 1 aliphatic heterocycles. The quantitative estimate of drug-likeness (QED) is 0.824. The van der Waals surface area contributed by atoms with Crippen LogP contribution >= 0.6 is 0 Å². The zero-order valence-corrected chi connectivity index (χ0v) is 11.1. The molecule has 0 bridgehead atoms. The summed E-state index contributed by atoms with van der Waals surface area (Å²) in [5.41, 5.74) is 0. The molecule has 0 aromatic carbocycles. The zero-order chi connectivity index (χ0) is 14.9. The van der Waals surface area contributed by atoms with E-state index in [4.69, 9.17) is 0 Å². The van der Waals surface area contributed by atoms with Gasteiger partial charge in [0.2, 0.25) is 11.8 Å². The van der Waals surface area contributed by atoms with Crippen molar-refractivity contribution in [1.29, 1.82) is 0 Å². The zero-order valence-electron chi connectivity index (χ0n) is 11.1. The normalized spacial score (nSPS) is 27.7. The fraction of sp³-hybridized carbons (Fsp3) is 0.833. The van der Waals surface area contributed by atoms with E-state index < -0.39 is 25.1 Å². The van der Waals surface area contributed by atoms with Crippen molar-refractivity contribution >= 4 is 11.8 Å². The predicted octanol–water partition coefficient (Wildman–Crippen LogP) is 1.04. The van der Waals surface area contributed by atoms with Gasteiger partial charge in [-0.3, -0.25) is 14.3 Å². The summed E-state index contributed by atoms with van der Waals surface area (Å²) < 4.78 is 39.6. The molecule has 0 aromatic rings. The number of piperazine rings is 1. The van der Waals surface area contributed by atoms with Gasteiger partial charge in [0.05, 0.1) is 6.61 Å². The van der Waals surface area contributed by atoms with Crippen molar-refractivity contribution in [3.05, 3.63) is 0 Å². The van der Waals surface area contributed by atoms with E-state index in [0.717, 1.165) is 12.8 Å². The Balaban J connectivity index is 2.00. The lowest BCUT2D eigenvalue weighted by atomic mass is 10.0. The van der Waals surface area contributed by atoms with Crippen LogP contribution in [0.3, 0.4) is 0 Å². The van der Waals surface area contributed by atoms with Gasteiger partial charge >= 0.3 is 6.36 Å². The molecule has 2 aliphatic rings. The van der Waals surface area contributed by atoms with Gasteiger partial charge in [-0.2, -0.15) is 0 Å². The van der Waals surface area contributed by atoms with Crippen LogP contribution in [0.15, 0.2) is 0 Å². The number of halogens is 3. The first-order chi connectivity index (χ1) is 9.33. The number of hydrogen-bond donors (Lipinski definition) is 1. The Bertz CT molecular complexity index is 396. The van der Waals surface area contributed by atoms with E-state index in [9.17, 15) is 22.8 Å². The molecular formula is C12H17F3N2O3. The van der Waals surface area contributed by atoms with Crippen LogP contribution in [0.2, 0.25) is 0 Å². The van der Waals surface area contributed by atoms with Crippen LogP contribution in [-0.4, -0.2) is 48.3 Å². The highest BCUT2D eigenvalue weighted by Gasteiger charge is 2.46. The van der Waals surface area contributed by atoms with Gasteiger partial charge in [0.15, 0.2) is 0 Å². The summed E-state index contributed by atoms with van der Waals surface area (Å²) in [6.45, 7) is 0.830. The van der Waals surface area contributed by atoms with Crippen LogP contribution in [0.25, 0.3) is 0 Å². The largest absolute Gasteiger partial charge is 0.522 e. The number of nitrogens with zero attached hydrogens (tertiary/aromatic N) is 1. The lowest BCUT2D eigenvalue weighted by molar-refractivity contribution is -0.325. The molecule has 20 heavy (non-hydrogen) atoms. The topological polar surface area (TPSA) is 58.6 Å². The van der Waals surface area contributed by atoms with Crippen molar-refractivity contribution in [3.8, 4) is 0 Å². The predicted molar refractivity (Wildman–Crippen MR) is 62.5 cm³/mol. The van der Waals surface area contributed by atoms with E-state index in [0.29, 0.717) is 6.42 Å². The Labute approximate surface area is 114 Å². The monoisotopic (exact) mass is 294 g/mol. The van der Waals surface area contributed by atoms with Gasteiger partial charge in [-0.15, -0.1) is 13.2 Å². The third-order valence-electron chi connectivity index (χ3n) is 3.60. The van der Waals surface area contributed by atoms with Crippen LogP contribution in [0, 0.1) is 5.92 Å². The molecule has 0 spiro atoms. The molecule has 5 nitrogen and oxygen atoms in total. The second kappa shape index (κ2) is 5.59. The van der Waals surface area contributed by atoms with Gasteiger partial charge in [-0.05, 0) is 25.2 Å². The van der Waals surface area contributed by atoms with Crippen LogP contribution in [-0.2, 0) is 14.3 Å². The number of alkyl halides is 3. The Hall–Kier alpha value is -1.31. The maximum atomic E-state index is 12.3. The summed E-state index contributed by atoms with van der Waals surface area (Å²) >= 11 is 0. The third kappa shape index (κ3) is 3.41. The molecule has 2 atom stereocenters. The first-order valence-corrected chi connectivity index (χ1v) is 6.65. The summed E-state index contributed by atoms with van der Waals surface area (Å²) in [6.07, 6.45) is -2.64. The summed E-state index contributed by atoms with van der Waals surface area (Å²) in [5.74, 6) is -0.476. The number of amides is 2. The summed E-state index contributed by atoms with van der Waals surface area (Å²) in [7, 11) is 0. The Morgan fingerprint density at radius 1 is 1.35 bits per heavy atom. The molecular weight excluding hydrogens is 277 g/mol. The molecule has 1 aliphatic carbocycles. The highest BCUT2D eigenvalue weighted by molar-refractivity contribution is 5.97. The van der Waals surface area contributed by atoms with Gasteiger partial charge in [-0.1, -0.05) is 6.92 Å². The number of carbonyl (C=O) groups is 2. The average molecular weight is 294 g/mol. The second-order valence-electron chi connectivity index (χ2n) is 5.07. The van der Waals surface area contributed by atoms with E-state index in [1.54, 1.807) is 6.92 Å². The minimum absolute atomic E-state index is 0.121. The van der Waals surface area contributed by atoms with Crippen molar-refractivity contribution in [2.45, 2.75) is 44.6 Å². The first-order valence-electron chi connectivity index (χ1n) is 6.65. The van der Waals surface area contributed by atoms with Gasteiger partial charge in [-0.25, -0.2) is 0 Å².